The van der Waals surface area contributed by atoms with Gasteiger partial charge in [0.25, 0.3) is 0 Å². The molecule has 0 aliphatic rings. The van der Waals surface area contributed by atoms with Gasteiger partial charge in [-0.25, -0.2) is 4.79 Å². The second kappa shape index (κ2) is 7.26. The Labute approximate surface area is 133 Å². The summed E-state index contributed by atoms with van der Waals surface area (Å²) in [5.74, 6) is -0.280. The fraction of sp³-hybridized carbons (Fsp3) is 0.350. The molecule has 0 heterocycles. The van der Waals surface area contributed by atoms with Gasteiger partial charge in [-0.05, 0) is 74.4 Å². The van der Waals surface area contributed by atoms with Crippen LogP contribution in [0.15, 0.2) is 36.4 Å². The van der Waals surface area contributed by atoms with E-state index in [-0.39, 0.29) is 5.97 Å². The molecule has 0 aromatic heterocycles. The molecule has 2 rings (SSSR count). The molecule has 0 spiro atoms. The molecule has 0 saturated carbocycles. The smallest absolute Gasteiger partial charge is 0.337 e. The van der Waals surface area contributed by atoms with Crippen LogP contribution in [0.25, 0.3) is 0 Å². The Balaban J connectivity index is 1.95. The number of carbonyl (C=O) groups excluding carboxylic acids is 1. The largest absolute Gasteiger partial charge is 0.465 e. The number of hydrogen-bond acceptors (Lipinski definition) is 2. The van der Waals surface area contributed by atoms with Crippen molar-refractivity contribution in [3.05, 3.63) is 69.8 Å². The van der Waals surface area contributed by atoms with Crippen molar-refractivity contribution in [1.29, 1.82) is 0 Å². The predicted molar refractivity (Wildman–Crippen MR) is 90.5 cm³/mol. The van der Waals surface area contributed by atoms with Gasteiger partial charge in [-0.3, -0.25) is 0 Å². The lowest BCUT2D eigenvalue weighted by molar-refractivity contribution is 0.0600. The van der Waals surface area contributed by atoms with Crippen molar-refractivity contribution in [3.63, 3.8) is 0 Å². The van der Waals surface area contributed by atoms with Gasteiger partial charge in [0.15, 0.2) is 0 Å². The van der Waals surface area contributed by atoms with Crippen LogP contribution in [0.1, 0.15) is 44.6 Å². The van der Waals surface area contributed by atoms with Crippen LogP contribution in [-0.4, -0.2) is 13.1 Å². The Bertz CT molecular complexity index is 631. The zero-order chi connectivity index (χ0) is 16.1. The van der Waals surface area contributed by atoms with Crippen LogP contribution in [0, 0.1) is 20.8 Å². The van der Waals surface area contributed by atoms with Gasteiger partial charge in [0, 0.05) is 0 Å². The molecule has 0 amide bonds. The Morgan fingerprint density at radius 1 is 0.955 bits per heavy atom. The minimum absolute atomic E-state index is 0.280. The van der Waals surface area contributed by atoms with Gasteiger partial charge in [0.05, 0.1) is 12.7 Å². The zero-order valence-electron chi connectivity index (χ0n) is 13.9. The molecule has 0 aliphatic carbocycles. The van der Waals surface area contributed by atoms with E-state index in [1.54, 1.807) is 0 Å². The lowest BCUT2D eigenvalue weighted by Gasteiger charge is -2.11. The van der Waals surface area contributed by atoms with E-state index >= 15 is 0 Å². The molecule has 2 nitrogen and oxygen atoms in total. The second-order valence-corrected chi connectivity index (χ2v) is 5.92. The third kappa shape index (κ3) is 3.97. The number of hydrogen-bond donors (Lipinski definition) is 0. The van der Waals surface area contributed by atoms with Gasteiger partial charge in [-0.1, -0.05) is 29.8 Å². The Kier molecular flexibility index (Phi) is 5.37. The van der Waals surface area contributed by atoms with Crippen molar-refractivity contribution in [2.24, 2.45) is 0 Å². The molecule has 116 valence electrons. The molecule has 2 aromatic carbocycles. The number of esters is 1. The first-order chi connectivity index (χ1) is 10.5. The van der Waals surface area contributed by atoms with Gasteiger partial charge >= 0.3 is 5.97 Å². The van der Waals surface area contributed by atoms with E-state index in [9.17, 15) is 4.79 Å². The third-order valence-electron chi connectivity index (χ3n) is 4.11. The SMILES string of the molecule is COC(=O)c1ccc(CCCc2c(C)cc(C)cc2C)cc1. The van der Waals surface area contributed by atoms with Gasteiger partial charge in [-0.15, -0.1) is 0 Å². The summed E-state index contributed by atoms with van der Waals surface area (Å²) in [7, 11) is 1.41. The molecule has 0 bridgehead atoms. The lowest BCUT2D eigenvalue weighted by atomic mass is 9.94. The first-order valence-electron chi connectivity index (χ1n) is 7.75. The average molecular weight is 296 g/mol. The summed E-state index contributed by atoms with van der Waals surface area (Å²) in [6, 6.07) is 12.2. The second-order valence-electron chi connectivity index (χ2n) is 5.92. The minimum atomic E-state index is -0.280. The van der Waals surface area contributed by atoms with E-state index in [1.807, 2.05) is 24.3 Å². The number of rotatable bonds is 5. The summed E-state index contributed by atoms with van der Waals surface area (Å²) < 4.78 is 4.71. The van der Waals surface area contributed by atoms with E-state index < -0.39 is 0 Å². The molecule has 0 atom stereocenters. The number of aryl methyl sites for hydroxylation is 4. The van der Waals surface area contributed by atoms with Crippen LogP contribution in [0.3, 0.4) is 0 Å². The van der Waals surface area contributed by atoms with Crippen LogP contribution < -0.4 is 0 Å². The van der Waals surface area contributed by atoms with Crippen molar-refractivity contribution in [2.45, 2.75) is 40.0 Å². The zero-order valence-corrected chi connectivity index (χ0v) is 13.9. The first kappa shape index (κ1) is 16.3. The van der Waals surface area contributed by atoms with Crippen molar-refractivity contribution in [3.8, 4) is 0 Å². The number of benzene rings is 2. The molecule has 0 N–H and O–H groups in total. The maximum Gasteiger partial charge on any atom is 0.337 e. The highest BCUT2D eigenvalue weighted by Crippen LogP contribution is 2.19. The van der Waals surface area contributed by atoms with E-state index in [4.69, 9.17) is 4.74 Å². The molecule has 2 aromatic rings. The number of ether oxygens (including phenoxy) is 1. The molecule has 0 aliphatic heterocycles. The van der Waals surface area contributed by atoms with Crippen LogP contribution in [0.2, 0.25) is 0 Å². The summed E-state index contributed by atoms with van der Waals surface area (Å²) in [4.78, 5) is 11.4. The monoisotopic (exact) mass is 296 g/mol. The maximum atomic E-state index is 11.4. The fourth-order valence-electron chi connectivity index (χ4n) is 3.00. The lowest BCUT2D eigenvalue weighted by Crippen LogP contribution is -2.01. The molecule has 0 fully saturated rings. The minimum Gasteiger partial charge on any atom is -0.465 e. The number of carbonyl (C=O) groups is 1. The molecule has 2 heteroatoms. The molecule has 0 radical (unpaired) electrons. The summed E-state index contributed by atoms with van der Waals surface area (Å²) in [5.41, 5.74) is 7.44. The van der Waals surface area contributed by atoms with E-state index in [2.05, 4.69) is 32.9 Å². The van der Waals surface area contributed by atoms with Crippen molar-refractivity contribution < 1.29 is 9.53 Å². The maximum absolute atomic E-state index is 11.4. The summed E-state index contributed by atoms with van der Waals surface area (Å²) in [5, 5.41) is 0. The fourth-order valence-corrected chi connectivity index (χ4v) is 3.00. The number of methoxy groups -OCH3 is 1. The standard InChI is InChI=1S/C20H24O2/c1-14-12-15(2)19(16(3)13-14)7-5-6-17-8-10-18(11-9-17)20(21)22-4/h8-13H,5-7H2,1-4H3. The van der Waals surface area contributed by atoms with Crippen LogP contribution >= 0.6 is 0 Å². The molecular formula is C20H24O2. The summed E-state index contributed by atoms with van der Waals surface area (Å²) in [6.45, 7) is 6.54. The van der Waals surface area contributed by atoms with Crippen LogP contribution in [0.4, 0.5) is 0 Å². The van der Waals surface area contributed by atoms with Crippen LogP contribution in [0.5, 0.6) is 0 Å². The third-order valence-corrected chi connectivity index (χ3v) is 4.11. The predicted octanol–water partition coefficient (Wildman–Crippen LogP) is 4.57. The van der Waals surface area contributed by atoms with Crippen molar-refractivity contribution in [1.82, 2.24) is 0 Å². The first-order valence-corrected chi connectivity index (χ1v) is 7.75. The highest BCUT2D eigenvalue weighted by molar-refractivity contribution is 5.89. The van der Waals surface area contributed by atoms with Gasteiger partial charge < -0.3 is 4.74 Å². The van der Waals surface area contributed by atoms with E-state index in [0.717, 1.165) is 19.3 Å². The van der Waals surface area contributed by atoms with Crippen molar-refractivity contribution >= 4 is 5.97 Å². The highest BCUT2D eigenvalue weighted by Gasteiger charge is 2.06. The van der Waals surface area contributed by atoms with Gasteiger partial charge in [-0.2, -0.15) is 0 Å². The quantitative estimate of drug-likeness (QED) is 0.755. The van der Waals surface area contributed by atoms with E-state index in [0.29, 0.717) is 5.56 Å². The van der Waals surface area contributed by atoms with Crippen molar-refractivity contribution in [2.75, 3.05) is 7.11 Å². The highest BCUT2D eigenvalue weighted by atomic mass is 16.5. The summed E-state index contributed by atoms with van der Waals surface area (Å²) in [6.07, 6.45) is 3.23. The molecule has 0 saturated heterocycles. The molecular weight excluding hydrogens is 272 g/mol. The van der Waals surface area contributed by atoms with Gasteiger partial charge in [0.1, 0.15) is 0 Å². The van der Waals surface area contributed by atoms with E-state index in [1.165, 1.54) is 34.9 Å². The Morgan fingerprint density at radius 3 is 2.09 bits per heavy atom. The summed E-state index contributed by atoms with van der Waals surface area (Å²) >= 11 is 0. The van der Waals surface area contributed by atoms with Crippen LogP contribution in [-0.2, 0) is 17.6 Å². The molecule has 22 heavy (non-hydrogen) atoms. The normalized spacial score (nSPS) is 10.5. The average Bonchev–Trinajstić information content (AvgIpc) is 2.49. The Hall–Kier alpha value is -2.09. The topological polar surface area (TPSA) is 26.3 Å². The Morgan fingerprint density at radius 2 is 1.55 bits per heavy atom. The molecule has 0 unspecified atom stereocenters. The van der Waals surface area contributed by atoms with Gasteiger partial charge in [0.2, 0.25) is 0 Å².